The summed E-state index contributed by atoms with van der Waals surface area (Å²) in [4.78, 5) is 0. The van der Waals surface area contributed by atoms with E-state index in [9.17, 15) is 0 Å². The van der Waals surface area contributed by atoms with E-state index in [1.807, 2.05) is 22.7 Å². The van der Waals surface area contributed by atoms with Crippen LogP contribution in [0, 0.1) is 0 Å². The first-order valence-corrected chi connectivity index (χ1v) is 3.71. The second kappa shape index (κ2) is 2.12. The van der Waals surface area contributed by atoms with Crippen LogP contribution in [-0.4, -0.2) is 9.56 Å². The van der Waals surface area contributed by atoms with E-state index in [1.54, 1.807) is 0 Å². The lowest BCUT2D eigenvalue weighted by molar-refractivity contribution is 0.441. The molecule has 0 fully saturated rings. The van der Waals surface area contributed by atoms with E-state index in [0.717, 1.165) is 11.5 Å². The Morgan fingerprint density at radius 2 is 2.36 bits per heavy atom. The number of fused-ring (bicyclic) bond motifs is 1. The van der Waals surface area contributed by atoms with Crippen LogP contribution in [0.2, 0.25) is 0 Å². The monoisotopic (exact) mass is 150 g/mol. The molecule has 0 unspecified atom stereocenters. The Morgan fingerprint density at radius 3 is 3.09 bits per heavy atom. The van der Waals surface area contributed by atoms with Crippen LogP contribution >= 0.6 is 0 Å². The molecule has 2 rings (SSSR count). The van der Waals surface area contributed by atoms with Gasteiger partial charge in [0.05, 0.1) is 0 Å². The molecule has 2 heterocycles. The highest BCUT2D eigenvalue weighted by atomic mass is 16.5. The minimum absolute atomic E-state index is 0.406. The van der Waals surface area contributed by atoms with Crippen molar-refractivity contribution in [3.63, 3.8) is 0 Å². The Balaban J connectivity index is 2.68. The molecule has 0 spiro atoms. The van der Waals surface area contributed by atoms with Gasteiger partial charge in [0.2, 0.25) is 5.71 Å². The molecule has 0 radical (unpaired) electrons. The first kappa shape index (κ1) is 6.46. The van der Waals surface area contributed by atoms with Crippen LogP contribution in [0.4, 0.5) is 0 Å². The average molecular weight is 150 g/mol. The molecule has 0 aliphatic carbocycles. The van der Waals surface area contributed by atoms with Gasteiger partial charge < -0.3 is 4.52 Å². The second-order valence-corrected chi connectivity index (χ2v) is 2.91. The predicted molar refractivity (Wildman–Crippen MR) is 41.5 cm³/mol. The summed E-state index contributed by atoms with van der Waals surface area (Å²) in [7, 11) is 0. The lowest BCUT2D eigenvalue weighted by Crippen LogP contribution is -1.93. The minimum atomic E-state index is 0.406. The van der Waals surface area contributed by atoms with E-state index in [4.69, 9.17) is 4.52 Å². The van der Waals surface area contributed by atoms with E-state index in [-0.39, 0.29) is 0 Å². The molecule has 0 N–H and O–H groups in total. The number of rotatable bonds is 1. The SMILES string of the molecule is CC(C)c1noc2cccn12. The van der Waals surface area contributed by atoms with Crippen molar-refractivity contribution in [2.75, 3.05) is 0 Å². The van der Waals surface area contributed by atoms with E-state index < -0.39 is 0 Å². The van der Waals surface area contributed by atoms with E-state index in [0.29, 0.717) is 5.92 Å². The Bertz CT molecular complexity index is 359. The van der Waals surface area contributed by atoms with E-state index in [1.165, 1.54) is 0 Å². The fourth-order valence-electron chi connectivity index (χ4n) is 1.15. The highest BCUT2D eigenvalue weighted by Gasteiger charge is 2.08. The fourth-order valence-corrected chi connectivity index (χ4v) is 1.15. The maximum Gasteiger partial charge on any atom is 0.235 e. The van der Waals surface area contributed by atoms with Crippen LogP contribution in [0.25, 0.3) is 5.71 Å². The van der Waals surface area contributed by atoms with Gasteiger partial charge in [0.25, 0.3) is 0 Å². The third kappa shape index (κ3) is 0.843. The summed E-state index contributed by atoms with van der Waals surface area (Å²) in [6.07, 6.45) is 1.96. The summed E-state index contributed by atoms with van der Waals surface area (Å²) in [5.41, 5.74) is 0.814. The molecule has 11 heavy (non-hydrogen) atoms. The molecule has 0 amide bonds. The number of aromatic nitrogens is 2. The van der Waals surface area contributed by atoms with Crippen molar-refractivity contribution in [3.05, 3.63) is 24.2 Å². The van der Waals surface area contributed by atoms with Crippen LogP contribution in [0.3, 0.4) is 0 Å². The van der Waals surface area contributed by atoms with Crippen molar-refractivity contribution in [2.45, 2.75) is 19.8 Å². The van der Waals surface area contributed by atoms with E-state index in [2.05, 4.69) is 19.0 Å². The second-order valence-electron chi connectivity index (χ2n) is 2.91. The molecule has 0 aromatic carbocycles. The molecule has 3 heteroatoms. The van der Waals surface area contributed by atoms with Crippen LogP contribution < -0.4 is 0 Å². The Labute approximate surface area is 64.6 Å². The smallest absolute Gasteiger partial charge is 0.235 e. The van der Waals surface area contributed by atoms with Crippen LogP contribution in [0.15, 0.2) is 22.9 Å². The van der Waals surface area contributed by atoms with E-state index >= 15 is 0 Å². The fraction of sp³-hybridized carbons (Fsp3) is 0.375. The van der Waals surface area contributed by atoms with Gasteiger partial charge in [-0.3, -0.25) is 4.40 Å². The summed E-state index contributed by atoms with van der Waals surface area (Å²) in [6, 6.07) is 3.85. The summed E-state index contributed by atoms with van der Waals surface area (Å²) in [5, 5.41) is 3.94. The first-order chi connectivity index (χ1) is 5.29. The third-order valence-corrected chi connectivity index (χ3v) is 1.71. The minimum Gasteiger partial charge on any atom is -0.336 e. The van der Waals surface area contributed by atoms with Gasteiger partial charge in [0.1, 0.15) is 0 Å². The standard InChI is InChI=1S/C8H10N2O/c1-6(2)8-9-11-7-4-3-5-10(7)8/h3-6H,1-2H3. The Kier molecular flexibility index (Phi) is 1.24. The topological polar surface area (TPSA) is 30.4 Å². The lowest BCUT2D eigenvalue weighted by atomic mass is 10.2. The van der Waals surface area contributed by atoms with Crippen molar-refractivity contribution in [2.24, 2.45) is 0 Å². The zero-order valence-electron chi connectivity index (χ0n) is 6.61. The maximum absolute atomic E-state index is 5.06. The van der Waals surface area contributed by atoms with Gasteiger partial charge >= 0.3 is 0 Å². The number of nitrogens with zero attached hydrogens (tertiary/aromatic N) is 2. The van der Waals surface area contributed by atoms with Gasteiger partial charge in [-0.05, 0) is 6.07 Å². The van der Waals surface area contributed by atoms with Crippen LogP contribution in [0.5, 0.6) is 0 Å². The summed E-state index contributed by atoms with van der Waals surface area (Å²) in [6.45, 7) is 4.19. The quantitative estimate of drug-likeness (QED) is 0.622. The zero-order valence-corrected chi connectivity index (χ0v) is 6.61. The van der Waals surface area contributed by atoms with Gasteiger partial charge in [-0.15, -0.1) is 0 Å². The normalized spacial score (nSPS) is 11.5. The molecular formula is C8H10N2O. The third-order valence-electron chi connectivity index (χ3n) is 1.71. The maximum atomic E-state index is 5.06. The highest BCUT2D eigenvalue weighted by molar-refractivity contribution is 5.35. The Hall–Kier alpha value is -1.25. The van der Waals surface area contributed by atoms with Gasteiger partial charge in [-0.1, -0.05) is 19.0 Å². The van der Waals surface area contributed by atoms with Gasteiger partial charge in [0, 0.05) is 18.2 Å². The van der Waals surface area contributed by atoms with Crippen molar-refractivity contribution < 1.29 is 4.52 Å². The van der Waals surface area contributed by atoms with Crippen LogP contribution in [0.1, 0.15) is 25.6 Å². The van der Waals surface area contributed by atoms with Crippen molar-refractivity contribution in [3.8, 4) is 0 Å². The predicted octanol–water partition coefficient (Wildman–Crippen LogP) is 2.05. The molecule has 0 aliphatic heterocycles. The summed E-state index contributed by atoms with van der Waals surface area (Å²) in [5.74, 6) is 1.38. The van der Waals surface area contributed by atoms with Crippen molar-refractivity contribution in [1.29, 1.82) is 0 Å². The molecule has 2 aromatic heterocycles. The van der Waals surface area contributed by atoms with Gasteiger partial charge in [0.15, 0.2) is 5.82 Å². The molecule has 0 saturated carbocycles. The van der Waals surface area contributed by atoms with Crippen molar-refractivity contribution >= 4 is 5.71 Å². The van der Waals surface area contributed by atoms with Crippen molar-refractivity contribution in [1.82, 2.24) is 9.56 Å². The molecule has 58 valence electrons. The van der Waals surface area contributed by atoms with Crippen LogP contribution in [-0.2, 0) is 0 Å². The molecule has 3 nitrogen and oxygen atoms in total. The summed E-state index contributed by atoms with van der Waals surface area (Å²) < 4.78 is 7.03. The molecule has 0 saturated heterocycles. The number of hydrogen-bond donors (Lipinski definition) is 0. The molecule has 0 bridgehead atoms. The lowest BCUT2D eigenvalue weighted by Gasteiger charge is -1.96. The molecule has 0 aliphatic rings. The largest absolute Gasteiger partial charge is 0.336 e. The average Bonchev–Trinajstić information content (AvgIpc) is 2.41. The molecular weight excluding hydrogens is 140 g/mol. The summed E-state index contributed by atoms with van der Waals surface area (Å²) >= 11 is 0. The van der Waals surface area contributed by atoms with Gasteiger partial charge in [-0.2, -0.15) is 0 Å². The first-order valence-electron chi connectivity index (χ1n) is 3.71. The Morgan fingerprint density at radius 1 is 1.55 bits per heavy atom. The number of hydrogen-bond acceptors (Lipinski definition) is 2. The molecule has 2 aromatic rings. The van der Waals surface area contributed by atoms with Gasteiger partial charge in [-0.25, -0.2) is 0 Å². The zero-order chi connectivity index (χ0) is 7.84. The molecule has 0 atom stereocenters. The highest BCUT2D eigenvalue weighted by Crippen LogP contribution is 2.15.